The number of methoxy groups -OCH3 is 2. The van der Waals surface area contributed by atoms with Crippen molar-refractivity contribution in [3.63, 3.8) is 0 Å². The highest BCUT2D eigenvalue weighted by Crippen LogP contribution is 2.34. The standard InChI is InChI=1S/C24H33N3O7S/c1-14-11-27(12-15(2)34-14)20(28)13-33-18-7-6-17(10-19(18)31-5)22-21(16(3)25-24(35)26-22)23(29)32-9-8-30-4/h6-7,10,14-15,22H,8-9,11-13H2,1-5H3,(H2,25,26,35)/t14-,15+,22-/m1/s1. The lowest BCUT2D eigenvalue weighted by Gasteiger charge is -2.35. The Balaban J connectivity index is 1.75. The van der Waals surface area contributed by atoms with E-state index in [1.54, 1.807) is 30.0 Å². The van der Waals surface area contributed by atoms with E-state index in [4.69, 9.17) is 35.9 Å². The number of rotatable bonds is 9. The Morgan fingerprint density at radius 3 is 2.51 bits per heavy atom. The van der Waals surface area contributed by atoms with Gasteiger partial charge in [-0.2, -0.15) is 0 Å². The molecule has 10 nitrogen and oxygen atoms in total. The number of thiocarbonyl (C=S) groups is 1. The summed E-state index contributed by atoms with van der Waals surface area (Å²) in [5.41, 5.74) is 1.72. The molecule has 3 atom stereocenters. The Morgan fingerprint density at radius 1 is 1.14 bits per heavy atom. The zero-order valence-corrected chi connectivity index (χ0v) is 21.5. The summed E-state index contributed by atoms with van der Waals surface area (Å²) in [7, 11) is 3.05. The SMILES string of the molecule is COCCOC(=O)C1=C(C)NC(=S)N[C@@H]1c1ccc(OCC(=O)N2C[C@@H](C)O[C@@H](C)C2)c(OC)c1. The van der Waals surface area contributed by atoms with Crippen LogP contribution in [-0.2, 0) is 23.8 Å². The summed E-state index contributed by atoms with van der Waals surface area (Å²) in [4.78, 5) is 27.2. The van der Waals surface area contributed by atoms with Crippen molar-refractivity contribution in [3.8, 4) is 11.5 Å². The number of morpholine rings is 1. The van der Waals surface area contributed by atoms with Gasteiger partial charge in [0.15, 0.2) is 23.2 Å². The van der Waals surface area contributed by atoms with Crippen LogP contribution >= 0.6 is 12.2 Å². The summed E-state index contributed by atoms with van der Waals surface area (Å²) < 4.78 is 27.3. The molecule has 2 N–H and O–H groups in total. The molecule has 0 spiro atoms. The van der Waals surface area contributed by atoms with Gasteiger partial charge in [-0.05, 0) is 50.7 Å². The van der Waals surface area contributed by atoms with Gasteiger partial charge in [0, 0.05) is 25.9 Å². The van der Waals surface area contributed by atoms with E-state index >= 15 is 0 Å². The molecule has 2 heterocycles. The predicted octanol–water partition coefficient (Wildman–Crippen LogP) is 1.69. The number of amides is 1. The molecule has 192 valence electrons. The first-order valence-corrected chi connectivity index (χ1v) is 11.8. The van der Waals surface area contributed by atoms with Crippen LogP contribution in [0.3, 0.4) is 0 Å². The minimum Gasteiger partial charge on any atom is -0.493 e. The van der Waals surface area contributed by atoms with Crippen LogP contribution < -0.4 is 20.1 Å². The van der Waals surface area contributed by atoms with E-state index in [0.29, 0.717) is 47.6 Å². The second kappa shape index (κ2) is 12.2. The van der Waals surface area contributed by atoms with Crippen LogP contribution in [-0.4, -0.2) is 81.2 Å². The lowest BCUT2D eigenvalue weighted by Crippen LogP contribution is -2.49. The number of hydrogen-bond acceptors (Lipinski definition) is 8. The number of allylic oxidation sites excluding steroid dienone is 1. The molecule has 2 aliphatic rings. The third kappa shape index (κ3) is 6.83. The number of benzene rings is 1. The molecule has 0 aliphatic carbocycles. The van der Waals surface area contributed by atoms with Crippen molar-refractivity contribution >= 4 is 29.2 Å². The van der Waals surface area contributed by atoms with E-state index in [2.05, 4.69) is 10.6 Å². The molecule has 0 aromatic heterocycles. The second-order valence-electron chi connectivity index (χ2n) is 8.45. The molecule has 0 saturated carbocycles. The minimum absolute atomic E-state index is 0.0213. The van der Waals surface area contributed by atoms with Gasteiger partial charge < -0.3 is 39.2 Å². The highest BCUT2D eigenvalue weighted by molar-refractivity contribution is 7.80. The van der Waals surface area contributed by atoms with Gasteiger partial charge in [-0.1, -0.05) is 6.07 Å². The van der Waals surface area contributed by atoms with E-state index in [9.17, 15) is 9.59 Å². The lowest BCUT2D eigenvalue weighted by atomic mass is 9.95. The smallest absolute Gasteiger partial charge is 0.338 e. The molecule has 2 aliphatic heterocycles. The second-order valence-corrected chi connectivity index (χ2v) is 8.86. The van der Waals surface area contributed by atoms with Crippen molar-refractivity contribution in [2.75, 3.05) is 47.1 Å². The maximum Gasteiger partial charge on any atom is 0.338 e. The minimum atomic E-state index is -0.556. The Kier molecular flexibility index (Phi) is 9.30. The number of nitrogens with zero attached hydrogens (tertiary/aromatic N) is 1. The molecular weight excluding hydrogens is 474 g/mol. The Bertz CT molecular complexity index is 974. The van der Waals surface area contributed by atoms with E-state index in [0.717, 1.165) is 5.56 Å². The normalized spacial score (nSPS) is 22.3. The molecule has 0 bridgehead atoms. The van der Waals surface area contributed by atoms with Crippen molar-refractivity contribution in [1.29, 1.82) is 0 Å². The van der Waals surface area contributed by atoms with Crippen LogP contribution in [0.2, 0.25) is 0 Å². The molecule has 1 fully saturated rings. The van der Waals surface area contributed by atoms with Crippen molar-refractivity contribution in [2.45, 2.75) is 39.0 Å². The maximum atomic E-state index is 12.8. The maximum absolute atomic E-state index is 12.8. The average Bonchev–Trinajstić information content (AvgIpc) is 2.81. The van der Waals surface area contributed by atoms with Gasteiger partial charge >= 0.3 is 5.97 Å². The summed E-state index contributed by atoms with van der Waals surface area (Å²) in [5.74, 6) is 0.240. The first-order chi connectivity index (χ1) is 16.7. The van der Waals surface area contributed by atoms with Gasteiger partial charge in [-0.15, -0.1) is 0 Å². The van der Waals surface area contributed by atoms with Gasteiger partial charge in [0.1, 0.15) is 6.61 Å². The zero-order chi connectivity index (χ0) is 25.5. The molecule has 1 amide bonds. The molecule has 1 saturated heterocycles. The highest BCUT2D eigenvalue weighted by Gasteiger charge is 2.32. The Morgan fingerprint density at radius 2 is 1.86 bits per heavy atom. The summed E-state index contributed by atoms with van der Waals surface area (Å²) in [6.07, 6.45) is -0.0426. The fraction of sp³-hybridized carbons (Fsp3) is 0.542. The number of hydrogen-bond donors (Lipinski definition) is 2. The monoisotopic (exact) mass is 507 g/mol. The number of ether oxygens (including phenoxy) is 5. The third-order valence-electron chi connectivity index (χ3n) is 5.65. The summed E-state index contributed by atoms with van der Waals surface area (Å²) in [5, 5.41) is 6.48. The van der Waals surface area contributed by atoms with Crippen LogP contribution in [0, 0.1) is 0 Å². The molecular formula is C24H33N3O7S. The van der Waals surface area contributed by atoms with Crippen LogP contribution in [0.15, 0.2) is 29.5 Å². The predicted molar refractivity (Wildman–Crippen MR) is 132 cm³/mol. The van der Waals surface area contributed by atoms with Gasteiger partial charge in [0.25, 0.3) is 5.91 Å². The topological polar surface area (TPSA) is 108 Å². The average molecular weight is 508 g/mol. The number of esters is 1. The van der Waals surface area contributed by atoms with Crippen molar-refractivity contribution in [3.05, 3.63) is 35.0 Å². The summed E-state index contributed by atoms with van der Waals surface area (Å²) in [6, 6.07) is 4.70. The number of carbonyl (C=O) groups excluding carboxylic acids is 2. The molecule has 1 aromatic rings. The van der Waals surface area contributed by atoms with Crippen LogP contribution in [0.5, 0.6) is 11.5 Å². The van der Waals surface area contributed by atoms with Gasteiger partial charge in [-0.3, -0.25) is 4.79 Å². The quantitative estimate of drug-likeness (QED) is 0.291. The fourth-order valence-corrected chi connectivity index (χ4v) is 4.38. The first-order valence-electron chi connectivity index (χ1n) is 11.4. The number of nitrogens with one attached hydrogen (secondary N) is 2. The first kappa shape index (κ1) is 26.7. The van der Waals surface area contributed by atoms with Crippen molar-refractivity contribution in [1.82, 2.24) is 15.5 Å². The van der Waals surface area contributed by atoms with E-state index in [1.165, 1.54) is 14.2 Å². The van der Waals surface area contributed by atoms with Gasteiger partial charge in [-0.25, -0.2) is 4.79 Å². The molecule has 3 rings (SSSR count). The summed E-state index contributed by atoms with van der Waals surface area (Å²) in [6.45, 7) is 7.00. The van der Waals surface area contributed by atoms with Crippen LogP contribution in [0.25, 0.3) is 0 Å². The lowest BCUT2D eigenvalue weighted by molar-refractivity contribution is -0.145. The van der Waals surface area contributed by atoms with E-state index in [-0.39, 0.29) is 31.3 Å². The number of carbonyl (C=O) groups is 2. The largest absolute Gasteiger partial charge is 0.493 e. The molecule has 0 radical (unpaired) electrons. The fourth-order valence-electron chi connectivity index (χ4n) is 4.11. The Labute approximate surface area is 210 Å². The molecule has 11 heteroatoms. The third-order valence-corrected chi connectivity index (χ3v) is 5.87. The molecule has 1 aromatic carbocycles. The van der Waals surface area contributed by atoms with Crippen molar-refractivity contribution in [2.24, 2.45) is 0 Å². The summed E-state index contributed by atoms with van der Waals surface area (Å²) >= 11 is 5.31. The highest BCUT2D eigenvalue weighted by atomic mass is 32.1. The Hall–Kier alpha value is -2.89. The molecule has 35 heavy (non-hydrogen) atoms. The molecule has 0 unspecified atom stereocenters. The van der Waals surface area contributed by atoms with Gasteiger partial charge in [0.05, 0.1) is 37.5 Å². The van der Waals surface area contributed by atoms with Gasteiger partial charge in [0.2, 0.25) is 0 Å². The van der Waals surface area contributed by atoms with E-state index in [1.807, 2.05) is 13.8 Å². The zero-order valence-electron chi connectivity index (χ0n) is 20.7. The van der Waals surface area contributed by atoms with E-state index < -0.39 is 12.0 Å². The van der Waals surface area contributed by atoms with Crippen LogP contribution in [0.1, 0.15) is 32.4 Å². The van der Waals surface area contributed by atoms with Crippen LogP contribution in [0.4, 0.5) is 0 Å². The van der Waals surface area contributed by atoms with Crippen molar-refractivity contribution < 1.29 is 33.3 Å².